The fourth-order valence-electron chi connectivity index (χ4n) is 4.32. The molecule has 0 aliphatic carbocycles. The van der Waals surface area contributed by atoms with Gasteiger partial charge in [-0.15, -0.1) is 0 Å². The molecule has 0 radical (unpaired) electrons. The van der Waals surface area contributed by atoms with Gasteiger partial charge in [0.25, 0.3) is 5.56 Å². The molecule has 0 spiro atoms. The largest absolute Gasteiger partial charge is 0.475 e. The summed E-state index contributed by atoms with van der Waals surface area (Å²) in [6.45, 7) is 1.14. The van der Waals surface area contributed by atoms with Crippen LogP contribution in [-0.4, -0.2) is 55.8 Å². The van der Waals surface area contributed by atoms with Crippen LogP contribution in [0.25, 0.3) is 11.0 Å². The van der Waals surface area contributed by atoms with Crippen LogP contribution in [0.15, 0.2) is 45.8 Å². The second-order valence-corrected chi connectivity index (χ2v) is 11.1. The minimum atomic E-state index is -3.98. The predicted molar refractivity (Wildman–Crippen MR) is 127 cm³/mol. The first kappa shape index (κ1) is 24.6. The topological polar surface area (TPSA) is 171 Å². The Morgan fingerprint density at radius 3 is 2.94 bits per heavy atom. The lowest BCUT2D eigenvalue weighted by atomic mass is 9.96. The van der Waals surface area contributed by atoms with Gasteiger partial charge in [0.1, 0.15) is 17.8 Å². The molecule has 4 heterocycles. The number of anilines is 1. The number of halogens is 1. The Kier molecular flexibility index (Phi) is 6.39. The van der Waals surface area contributed by atoms with E-state index in [0.29, 0.717) is 6.42 Å². The Morgan fingerprint density at radius 1 is 1.40 bits per heavy atom. The highest BCUT2D eigenvalue weighted by Crippen LogP contribution is 2.58. The second-order valence-electron chi connectivity index (χ2n) is 8.59. The lowest BCUT2D eigenvalue weighted by molar-refractivity contribution is -0.0950. The molecule has 2 aromatic heterocycles. The van der Waals surface area contributed by atoms with Gasteiger partial charge in [-0.1, -0.05) is 34.1 Å². The van der Waals surface area contributed by atoms with Crippen LogP contribution < -0.4 is 11.3 Å². The van der Waals surface area contributed by atoms with E-state index in [-0.39, 0.29) is 30.2 Å². The number of rotatable bonds is 5. The van der Waals surface area contributed by atoms with Gasteiger partial charge in [-0.3, -0.25) is 23.3 Å². The van der Waals surface area contributed by atoms with Gasteiger partial charge in [-0.2, -0.15) is 4.98 Å². The first-order chi connectivity index (χ1) is 16.6. The fourth-order valence-corrected chi connectivity index (χ4v) is 6.24. The molecule has 2 aliphatic rings. The van der Waals surface area contributed by atoms with Gasteiger partial charge in [-0.05, 0) is 24.6 Å². The zero-order chi connectivity index (χ0) is 25.0. The normalized spacial score (nSPS) is 33.4. The molecule has 2 fully saturated rings. The lowest BCUT2D eigenvalue weighted by Crippen LogP contribution is -2.44. The van der Waals surface area contributed by atoms with E-state index in [2.05, 4.69) is 25.9 Å². The summed E-state index contributed by atoms with van der Waals surface area (Å²) in [4.78, 5) is 18.7. The number of H-pyrrole nitrogens is 1. The Bertz CT molecular complexity index is 1360. The van der Waals surface area contributed by atoms with Crippen molar-refractivity contribution in [2.24, 2.45) is 0 Å². The summed E-state index contributed by atoms with van der Waals surface area (Å²) in [5.41, 5.74) is 4.39. The summed E-state index contributed by atoms with van der Waals surface area (Å²) in [7, 11) is -3.98. The number of phosphoric acid groups is 1. The maximum absolute atomic E-state index is 13.2. The summed E-state index contributed by atoms with van der Waals surface area (Å²) in [5, 5.41) is 22.1. The van der Waals surface area contributed by atoms with Crippen molar-refractivity contribution in [2.45, 2.75) is 43.5 Å². The second kappa shape index (κ2) is 9.09. The molecule has 2 saturated heterocycles. The number of aromatic amines is 1. The Balaban J connectivity index is 1.33. The minimum Gasteiger partial charge on any atom is -0.387 e. The molecule has 0 bridgehead atoms. The van der Waals surface area contributed by atoms with Crippen molar-refractivity contribution in [3.8, 4) is 0 Å². The summed E-state index contributed by atoms with van der Waals surface area (Å²) in [6, 6.07) is 8.91. The van der Waals surface area contributed by atoms with Crippen molar-refractivity contribution in [3.05, 3.63) is 56.9 Å². The SMILES string of the molecule is C[C@@]1(O)[C@H](O)[C@@H](COP2(=O)OCC[C@H](c3ccccc3Br)O2)O[C@H]1n1ccc2c(=O)[nH]c(N)nc21. The maximum Gasteiger partial charge on any atom is 0.475 e. The number of aliphatic hydroxyl groups is 2. The number of nitrogens with one attached hydrogen (secondary N) is 1. The summed E-state index contributed by atoms with van der Waals surface area (Å²) >= 11 is 3.47. The van der Waals surface area contributed by atoms with Crippen LogP contribution in [0.2, 0.25) is 0 Å². The predicted octanol–water partition coefficient (Wildman–Crippen LogP) is 2.38. The van der Waals surface area contributed by atoms with Crippen molar-refractivity contribution >= 4 is 40.7 Å². The molecule has 14 heteroatoms. The zero-order valence-corrected chi connectivity index (χ0v) is 21.0. The summed E-state index contributed by atoms with van der Waals surface area (Å²) < 4.78 is 37.8. The van der Waals surface area contributed by atoms with Crippen molar-refractivity contribution in [1.82, 2.24) is 14.5 Å². The number of nitrogen functional groups attached to an aromatic ring is 1. The number of nitrogens with two attached hydrogens (primary N) is 1. The van der Waals surface area contributed by atoms with Crippen LogP contribution in [0.3, 0.4) is 0 Å². The molecule has 188 valence electrons. The monoisotopic (exact) mass is 570 g/mol. The maximum atomic E-state index is 13.2. The fraction of sp³-hybridized carbons (Fsp3) is 0.429. The summed E-state index contributed by atoms with van der Waals surface area (Å²) in [6.07, 6.45) is -2.20. The van der Waals surface area contributed by atoms with E-state index >= 15 is 0 Å². The van der Waals surface area contributed by atoms with Gasteiger partial charge in [0.15, 0.2) is 11.9 Å². The molecule has 1 unspecified atom stereocenters. The minimum absolute atomic E-state index is 0.107. The Morgan fingerprint density at radius 2 is 2.17 bits per heavy atom. The number of phosphoric ester groups is 1. The van der Waals surface area contributed by atoms with Crippen molar-refractivity contribution in [1.29, 1.82) is 0 Å². The van der Waals surface area contributed by atoms with Crippen LogP contribution in [-0.2, 0) is 22.9 Å². The number of hydrogen-bond donors (Lipinski definition) is 4. The molecule has 5 rings (SSSR count). The van der Waals surface area contributed by atoms with E-state index in [1.807, 2.05) is 24.3 Å². The van der Waals surface area contributed by atoms with Gasteiger partial charge in [-0.25, -0.2) is 4.57 Å². The van der Waals surface area contributed by atoms with Crippen LogP contribution in [0.5, 0.6) is 0 Å². The standard InChI is InChI=1S/C21H24BrN4O8P/c1-21(29)16(27)15(33-19(21)26-8-6-12-17(26)24-20(23)25-18(12)28)10-32-35(30)31-9-7-14(34-35)11-4-2-3-5-13(11)22/h2-6,8,14-16,19,27,29H,7,9-10H2,1H3,(H3,23,24,25,28)/t14-,15-,16-,19-,21-,35?/m1/s1. The van der Waals surface area contributed by atoms with E-state index in [0.717, 1.165) is 10.0 Å². The average Bonchev–Trinajstić information content (AvgIpc) is 3.31. The van der Waals surface area contributed by atoms with E-state index in [1.54, 1.807) is 0 Å². The number of fused-ring (bicyclic) bond motifs is 1. The highest BCUT2D eigenvalue weighted by atomic mass is 79.9. The lowest BCUT2D eigenvalue weighted by Gasteiger charge is -2.30. The Labute approximate surface area is 207 Å². The number of hydrogen-bond acceptors (Lipinski definition) is 10. The molecular weight excluding hydrogens is 547 g/mol. The van der Waals surface area contributed by atoms with Crippen LogP contribution in [0.4, 0.5) is 5.95 Å². The van der Waals surface area contributed by atoms with Crippen molar-refractivity contribution in [2.75, 3.05) is 18.9 Å². The third kappa shape index (κ3) is 4.47. The van der Waals surface area contributed by atoms with Crippen molar-refractivity contribution in [3.63, 3.8) is 0 Å². The zero-order valence-electron chi connectivity index (χ0n) is 18.5. The van der Waals surface area contributed by atoms with E-state index in [4.69, 9.17) is 24.0 Å². The molecule has 12 nitrogen and oxygen atoms in total. The molecule has 0 saturated carbocycles. The number of aliphatic hydroxyl groups excluding tert-OH is 1. The Hall–Kier alpha value is -2.09. The van der Waals surface area contributed by atoms with Gasteiger partial charge in [0.05, 0.1) is 24.7 Å². The first-order valence-corrected chi connectivity index (χ1v) is 13.1. The third-order valence-corrected chi connectivity index (χ3v) is 8.34. The molecular formula is C21H24BrN4O8P. The average molecular weight is 571 g/mol. The smallest absolute Gasteiger partial charge is 0.387 e. The van der Waals surface area contributed by atoms with E-state index < -0.39 is 43.5 Å². The molecule has 5 N–H and O–H groups in total. The summed E-state index contributed by atoms with van der Waals surface area (Å²) in [5.74, 6) is -0.107. The molecule has 35 heavy (non-hydrogen) atoms. The van der Waals surface area contributed by atoms with E-state index in [9.17, 15) is 19.6 Å². The van der Waals surface area contributed by atoms with E-state index in [1.165, 1.54) is 23.8 Å². The molecule has 6 atom stereocenters. The molecule has 1 aromatic carbocycles. The quantitative estimate of drug-likeness (QED) is 0.334. The number of benzene rings is 1. The first-order valence-electron chi connectivity index (χ1n) is 10.8. The highest BCUT2D eigenvalue weighted by molar-refractivity contribution is 9.10. The van der Waals surface area contributed by atoms with Gasteiger partial charge >= 0.3 is 7.82 Å². The highest BCUT2D eigenvalue weighted by Gasteiger charge is 2.54. The molecule has 0 amide bonds. The van der Waals surface area contributed by atoms with Gasteiger partial charge in [0.2, 0.25) is 5.95 Å². The van der Waals surface area contributed by atoms with Crippen molar-refractivity contribution < 1.29 is 33.1 Å². The molecule has 2 aliphatic heterocycles. The van der Waals surface area contributed by atoms with Crippen LogP contribution >= 0.6 is 23.8 Å². The molecule has 3 aromatic rings. The number of ether oxygens (including phenoxy) is 1. The van der Waals surface area contributed by atoms with Gasteiger partial charge in [0, 0.05) is 17.1 Å². The van der Waals surface area contributed by atoms with Crippen LogP contribution in [0.1, 0.15) is 31.2 Å². The number of aromatic nitrogens is 3. The number of nitrogens with zero attached hydrogens (tertiary/aromatic N) is 2. The van der Waals surface area contributed by atoms with Crippen LogP contribution in [0, 0.1) is 0 Å². The third-order valence-electron chi connectivity index (χ3n) is 6.14. The van der Waals surface area contributed by atoms with Gasteiger partial charge < -0.3 is 25.3 Å².